The van der Waals surface area contributed by atoms with Crippen LogP contribution in [-0.4, -0.2) is 48.3 Å². The van der Waals surface area contributed by atoms with E-state index >= 15 is 0 Å². The standard InChI is InChI=1S/C16H19N3O3.ClH/c1-10-4-5-12-13(7-10)16(22)19(15(12)21)9-14(20)18-11-3-2-6-17-8-11;/h4-5,7,11,17H,2-3,6,8-9H2,1H3,(H,18,20);1H/t11-;/m0./s1. The molecular weight excluding hydrogens is 318 g/mol. The summed E-state index contributed by atoms with van der Waals surface area (Å²) in [6.45, 7) is 3.34. The van der Waals surface area contributed by atoms with Gasteiger partial charge in [0.1, 0.15) is 6.54 Å². The molecular formula is C16H20ClN3O3. The lowest BCUT2D eigenvalue weighted by Gasteiger charge is -2.24. The number of piperidine rings is 1. The third kappa shape index (κ3) is 3.54. The summed E-state index contributed by atoms with van der Waals surface area (Å²) >= 11 is 0. The quantitative estimate of drug-likeness (QED) is 0.803. The predicted molar refractivity (Wildman–Crippen MR) is 87.8 cm³/mol. The van der Waals surface area contributed by atoms with Gasteiger partial charge in [-0.2, -0.15) is 0 Å². The molecule has 0 aromatic heterocycles. The van der Waals surface area contributed by atoms with Crippen LogP contribution in [-0.2, 0) is 4.79 Å². The molecule has 1 aromatic carbocycles. The maximum Gasteiger partial charge on any atom is 0.262 e. The largest absolute Gasteiger partial charge is 0.351 e. The Morgan fingerprint density at radius 2 is 2.04 bits per heavy atom. The zero-order valence-electron chi connectivity index (χ0n) is 12.9. The molecule has 2 heterocycles. The first-order valence-electron chi connectivity index (χ1n) is 7.53. The van der Waals surface area contributed by atoms with Crippen LogP contribution in [0.3, 0.4) is 0 Å². The molecule has 0 bridgehead atoms. The molecule has 0 spiro atoms. The smallest absolute Gasteiger partial charge is 0.262 e. The molecule has 2 aliphatic heterocycles. The van der Waals surface area contributed by atoms with Crippen molar-refractivity contribution in [3.05, 3.63) is 34.9 Å². The molecule has 0 unspecified atom stereocenters. The number of carbonyl (C=O) groups is 3. The van der Waals surface area contributed by atoms with Crippen molar-refractivity contribution in [2.45, 2.75) is 25.8 Å². The fraction of sp³-hybridized carbons (Fsp3) is 0.438. The number of nitrogens with one attached hydrogen (secondary N) is 2. The second-order valence-electron chi connectivity index (χ2n) is 5.86. The highest BCUT2D eigenvalue weighted by molar-refractivity contribution is 6.22. The molecule has 3 rings (SSSR count). The van der Waals surface area contributed by atoms with Crippen molar-refractivity contribution in [3.8, 4) is 0 Å². The number of amides is 3. The van der Waals surface area contributed by atoms with Gasteiger partial charge in [-0.05, 0) is 38.4 Å². The Hall–Kier alpha value is -1.92. The van der Waals surface area contributed by atoms with E-state index in [0.29, 0.717) is 11.1 Å². The Balaban J connectivity index is 0.00000192. The molecule has 7 heteroatoms. The van der Waals surface area contributed by atoms with Crippen molar-refractivity contribution in [3.63, 3.8) is 0 Å². The van der Waals surface area contributed by atoms with E-state index in [0.717, 1.165) is 36.4 Å². The zero-order valence-corrected chi connectivity index (χ0v) is 13.7. The summed E-state index contributed by atoms with van der Waals surface area (Å²) in [4.78, 5) is 37.7. The van der Waals surface area contributed by atoms with Gasteiger partial charge >= 0.3 is 0 Å². The second-order valence-corrected chi connectivity index (χ2v) is 5.86. The molecule has 6 nitrogen and oxygen atoms in total. The van der Waals surface area contributed by atoms with Crippen LogP contribution in [0.4, 0.5) is 0 Å². The van der Waals surface area contributed by atoms with Gasteiger partial charge < -0.3 is 10.6 Å². The Morgan fingerprint density at radius 3 is 2.74 bits per heavy atom. The number of nitrogens with zero attached hydrogens (tertiary/aromatic N) is 1. The number of fused-ring (bicyclic) bond motifs is 1. The molecule has 0 aliphatic carbocycles. The fourth-order valence-corrected chi connectivity index (χ4v) is 2.94. The van der Waals surface area contributed by atoms with Gasteiger partial charge in [0.05, 0.1) is 11.1 Å². The summed E-state index contributed by atoms with van der Waals surface area (Å²) in [6, 6.07) is 5.20. The number of hydrogen-bond donors (Lipinski definition) is 2. The van der Waals surface area contributed by atoms with Gasteiger partial charge in [-0.1, -0.05) is 11.6 Å². The van der Waals surface area contributed by atoms with Crippen molar-refractivity contribution >= 4 is 30.1 Å². The van der Waals surface area contributed by atoms with Gasteiger partial charge in [-0.25, -0.2) is 0 Å². The Bertz CT molecular complexity index is 641. The summed E-state index contributed by atoms with van der Waals surface area (Å²) in [5.41, 5.74) is 1.68. The summed E-state index contributed by atoms with van der Waals surface area (Å²) in [5, 5.41) is 6.09. The summed E-state index contributed by atoms with van der Waals surface area (Å²) in [7, 11) is 0. The van der Waals surface area contributed by atoms with Gasteiger partial charge in [0.25, 0.3) is 11.8 Å². The van der Waals surface area contributed by atoms with Crippen LogP contribution in [0.2, 0.25) is 0 Å². The van der Waals surface area contributed by atoms with Gasteiger partial charge in [0, 0.05) is 12.6 Å². The van der Waals surface area contributed by atoms with Crippen LogP contribution in [0.1, 0.15) is 39.1 Å². The van der Waals surface area contributed by atoms with E-state index in [2.05, 4.69) is 10.6 Å². The average Bonchev–Trinajstić information content (AvgIpc) is 2.73. The van der Waals surface area contributed by atoms with Crippen LogP contribution >= 0.6 is 12.4 Å². The topological polar surface area (TPSA) is 78.5 Å². The van der Waals surface area contributed by atoms with Gasteiger partial charge in [-0.15, -0.1) is 12.4 Å². The molecule has 23 heavy (non-hydrogen) atoms. The Morgan fingerprint density at radius 1 is 1.30 bits per heavy atom. The fourth-order valence-electron chi connectivity index (χ4n) is 2.94. The number of rotatable bonds is 3. The van der Waals surface area contributed by atoms with Crippen LogP contribution < -0.4 is 10.6 Å². The van der Waals surface area contributed by atoms with Crippen molar-refractivity contribution in [2.75, 3.05) is 19.6 Å². The molecule has 124 valence electrons. The van der Waals surface area contributed by atoms with E-state index in [-0.39, 0.29) is 36.8 Å². The summed E-state index contributed by atoms with van der Waals surface area (Å²) < 4.78 is 0. The van der Waals surface area contributed by atoms with E-state index in [1.807, 2.05) is 6.92 Å². The monoisotopic (exact) mass is 337 g/mol. The van der Waals surface area contributed by atoms with Crippen molar-refractivity contribution in [1.29, 1.82) is 0 Å². The SMILES string of the molecule is Cc1ccc2c(c1)C(=O)N(CC(=O)N[C@H]1CCCNC1)C2=O.Cl. The molecule has 3 amide bonds. The van der Waals surface area contributed by atoms with E-state index in [1.165, 1.54) is 0 Å². The lowest BCUT2D eigenvalue weighted by molar-refractivity contribution is -0.122. The predicted octanol–water partition coefficient (Wildman–Crippen LogP) is 0.881. The minimum atomic E-state index is -0.392. The lowest BCUT2D eigenvalue weighted by atomic mass is 10.1. The second kappa shape index (κ2) is 7.10. The van der Waals surface area contributed by atoms with Gasteiger partial charge in [-0.3, -0.25) is 19.3 Å². The highest BCUT2D eigenvalue weighted by atomic mass is 35.5. The number of carbonyl (C=O) groups excluding carboxylic acids is 3. The molecule has 1 atom stereocenters. The molecule has 1 saturated heterocycles. The van der Waals surface area contributed by atoms with Gasteiger partial charge in [0.2, 0.25) is 5.91 Å². The Labute approximate surface area is 141 Å². The van der Waals surface area contributed by atoms with Crippen LogP contribution in [0, 0.1) is 6.92 Å². The highest BCUT2D eigenvalue weighted by Gasteiger charge is 2.36. The van der Waals surface area contributed by atoms with Crippen molar-refractivity contribution in [2.24, 2.45) is 0 Å². The number of halogens is 1. The average molecular weight is 338 g/mol. The van der Waals surface area contributed by atoms with E-state index in [1.54, 1.807) is 18.2 Å². The molecule has 2 N–H and O–H groups in total. The van der Waals surface area contributed by atoms with Crippen LogP contribution in [0.15, 0.2) is 18.2 Å². The third-order valence-electron chi connectivity index (χ3n) is 4.09. The van der Waals surface area contributed by atoms with E-state index in [4.69, 9.17) is 0 Å². The summed E-state index contributed by atoms with van der Waals surface area (Å²) in [6.07, 6.45) is 1.93. The summed E-state index contributed by atoms with van der Waals surface area (Å²) in [5.74, 6) is -1.07. The van der Waals surface area contributed by atoms with Crippen LogP contribution in [0.25, 0.3) is 0 Å². The third-order valence-corrected chi connectivity index (χ3v) is 4.09. The first-order valence-corrected chi connectivity index (χ1v) is 7.53. The molecule has 0 saturated carbocycles. The van der Waals surface area contributed by atoms with Crippen molar-refractivity contribution < 1.29 is 14.4 Å². The number of imide groups is 1. The number of benzene rings is 1. The zero-order chi connectivity index (χ0) is 15.7. The maximum atomic E-state index is 12.3. The number of aryl methyl sites for hydroxylation is 1. The molecule has 1 aromatic rings. The molecule has 0 radical (unpaired) electrons. The molecule has 2 aliphatic rings. The molecule has 1 fully saturated rings. The normalized spacial score (nSPS) is 20.0. The first kappa shape index (κ1) is 17.4. The first-order chi connectivity index (χ1) is 10.6. The van der Waals surface area contributed by atoms with Crippen LogP contribution in [0.5, 0.6) is 0 Å². The number of hydrogen-bond acceptors (Lipinski definition) is 4. The lowest BCUT2D eigenvalue weighted by Crippen LogP contribution is -2.49. The highest BCUT2D eigenvalue weighted by Crippen LogP contribution is 2.23. The van der Waals surface area contributed by atoms with Gasteiger partial charge in [0.15, 0.2) is 0 Å². The van der Waals surface area contributed by atoms with E-state index in [9.17, 15) is 14.4 Å². The Kier molecular flexibility index (Phi) is 5.38. The minimum absolute atomic E-state index is 0. The maximum absolute atomic E-state index is 12.3. The minimum Gasteiger partial charge on any atom is -0.351 e. The van der Waals surface area contributed by atoms with E-state index < -0.39 is 5.91 Å². The van der Waals surface area contributed by atoms with Crippen molar-refractivity contribution in [1.82, 2.24) is 15.5 Å².